The summed E-state index contributed by atoms with van der Waals surface area (Å²) in [4.78, 5) is 0. The van der Waals surface area contributed by atoms with Crippen LogP contribution in [0.25, 0.3) is 10.8 Å². The summed E-state index contributed by atoms with van der Waals surface area (Å²) in [7, 11) is 0. The first kappa shape index (κ1) is 5.60. The van der Waals surface area contributed by atoms with E-state index >= 15 is 0 Å². The average molecular weight is 129 g/mol. The first-order valence-corrected chi connectivity index (χ1v) is 3.48. The van der Waals surface area contributed by atoms with Crippen LogP contribution in [0.5, 0.6) is 0 Å². The minimum atomic E-state index is 1.33. The van der Waals surface area contributed by atoms with Crippen LogP contribution in [0.1, 0.15) is 5.56 Å². The second kappa shape index (κ2) is 1.91. The van der Waals surface area contributed by atoms with E-state index in [9.17, 15) is 0 Å². The van der Waals surface area contributed by atoms with Gasteiger partial charge in [-0.05, 0) is 6.92 Å². The van der Waals surface area contributed by atoms with Crippen molar-refractivity contribution in [3.05, 3.63) is 42.0 Å². The molecule has 0 amide bonds. The summed E-state index contributed by atoms with van der Waals surface area (Å²) in [5.41, 5.74) is 1.33. The summed E-state index contributed by atoms with van der Waals surface area (Å²) in [6.07, 6.45) is 0. The van der Waals surface area contributed by atoms with Gasteiger partial charge in [-0.15, -0.1) is 29.7 Å². The van der Waals surface area contributed by atoms with Crippen LogP contribution in [0.3, 0.4) is 0 Å². The van der Waals surface area contributed by atoms with Crippen molar-refractivity contribution in [2.45, 2.75) is 6.92 Å². The first-order valence-electron chi connectivity index (χ1n) is 3.48. The van der Waals surface area contributed by atoms with Gasteiger partial charge in [-0.25, -0.2) is 0 Å². The van der Waals surface area contributed by atoms with E-state index in [4.69, 9.17) is 0 Å². The number of rotatable bonds is 0. The molecule has 0 aliphatic rings. The highest BCUT2D eigenvalue weighted by atomic mass is 14.0. The van der Waals surface area contributed by atoms with Crippen molar-refractivity contribution in [3.8, 4) is 0 Å². The summed E-state index contributed by atoms with van der Waals surface area (Å²) >= 11 is 0. The van der Waals surface area contributed by atoms with E-state index in [-0.39, 0.29) is 0 Å². The van der Waals surface area contributed by atoms with Gasteiger partial charge in [0, 0.05) is 0 Å². The molecule has 0 nitrogen and oxygen atoms in total. The molecule has 0 radical (unpaired) electrons. The Hall–Kier alpha value is -1.17. The Morgan fingerprint density at radius 2 is 2.10 bits per heavy atom. The molecule has 0 heteroatoms. The minimum absolute atomic E-state index is 1.33. The van der Waals surface area contributed by atoms with Crippen molar-refractivity contribution in [2.75, 3.05) is 0 Å². The Bertz CT molecular complexity index is 342. The fourth-order valence-electron chi connectivity index (χ4n) is 1.25. The molecule has 0 saturated heterocycles. The maximum atomic E-state index is 2.20. The normalized spacial score (nSPS) is 10.5. The largest absolute Gasteiger partial charge is 0.168 e. The molecule has 0 aliphatic carbocycles. The topological polar surface area (TPSA) is 0 Å². The number of aryl methyl sites for hydroxylation is 1. The van der Waals surface area contributed by atoms with Gasteiger partial charge >= 0.3 is 0 Å². The molecule has 10 heavy (non-hydrogen) atoms. The molecule has 0 heterocycles. The van der Waals surface area contributed by atoms with Gasteiger partial charge in [0.1, 0.15) is 0 Å². The average Bonchev–Trinajstić information content (AvgIpc) is 2.33. The number of benzene rings is 1. The van der Waals surface area contributed by atoms with Crippen LogP contribution in [0, 0.1) is 6.92 Å². The monoisotopic (exact) mass is 129 g/mol. The Balaban J connectivity index is 2.86. The third-order valence-corrected chi connectivity index (χ3v) is 1.79. The lowest BCUT2D eigenvalue weighted by Crippen LogP contribution is -1.67. The van der Waals surface area contributed by atoms with Crippen molar-refractivity contribution >= 4 is 10.8 Å². The molecule has 0 spiro atoms. The molecule has 0 fully saturated rings. The van der Waals surface area contributed by atoms with Crippen molar-refractivity contribution in [1.29, 1.82) is 0 Å². The molecule has 0 atom stereocenters. The van der Waals surface area contributed by atoms with Gasteiger partial charge in [-0.2, -0.15) is 17.5 Å². The van der Waals surface area contributed by atoms with Crippen molar-refractivity contribution in [3.63, 3.8) is 0 Å². The predicted octanol–water partition coefficient (Wildman–Crippen LogP) is 2.87. The molecule has 0 N–H and O–H groups in total. The van der Waals surface area contributed by atoms with Crippen molar-refractivity contribution in [2.24, 2.45) is 0 Å². The zero-order chi connectivity index (χ0) is 6.97. The van der Waals surface area contributed by atoms with Crippen LogP contribution >= 0.6 is 0 Å². The maximum absolute atomic E-state index is 2.20. The highest BCUT2D eigenvalue weighted by Crippen LogP contribution is 2.15. The lowest BCUT2D eigenvalue weighted by molar-refractivity contribution is 1.51. The maximum Gasteiger partial charge on any atom is -0.0414 e. The van der Waals surface area contributed by atoms with Gasteiger partial charge in [-0.1, -0.05) is 5.56 Å². The summed E-state index contributed by atoms with van der Waals surface area (Å²) in [5, 5.41) is 2.69. The van der Waals surface area contributed by atoms with E-state index < -0.39 is 0 Å². The van der Waals surface area contributed by atoms with Gasteiger partial charge in [0.25, 0.3) is 0 Å². The highest BCUT2D eigenvalue weighted by molar-refractivity contribution is 5.84. The molecule has 2 rings (SSSR count). The molecular weight excluding hydrogens is 120 g/mol. The van der Waals surface area contributed by atoms with Crippen LogP contribution in [0.2, 0.25) is 0 Å². The molecule has 0 saturated carbocycles. The standard InChI is InChI=1S/C10H9/c1-8-5-6-9-3-2-4-10(9)7-8/h2-7H,1H3/q-1. The lowest BCUT2D eigenvalue weighted by atomic mass is 10.1. The fraction of sp³-hybridized carbons (Fsp3) is 0.100. The van der Waals surface area contributed by atoms with Gasteiger partial charge in [0.15, 0.2) is 0 Å². The molecule has 50 valence electrons. The van der Waals surface area contributed by atoms with Crippen molar-refractivity contribution < 1.29 is 0 Å². The van der Waals surface area contributed by atoms with Crippen LogP contribution in [-0.4, -0.2) is 0 Å². The number of hydrogen-bond donors (Lipinski definition) is 0. The quantitative estimate of drug-likeness (QED) is 0.480. The van der Waals surface area contributed by atoms with Crippen LogP contribution in [0.15, 0.2) is 36.4 Å². The second-order valence-corrected chi connectivity index (χ2v) is 2.66. The SMILES string of the molecule is Cc1ccc2[cH-]ccc2c1. The van der Waals surface area contributed by atoms with Gasteiger partial charge < -0.3 is 0 Å². The third-order valence-electron chi connectivity index (χ3n) is 1.79. The Morgan fingerprint density at radius 1 is 1.20 bits per heavy atom. The summed E-state index contributed by atoms with van der Waals surface area (Å²) in [5.74, 6) is 0. The molecule has 0 unspecified atom stereocenters. The first-order chi connectivity index (χ1) is 4.86. The van der Waals surface area contributed by atoms with E-state index in [1.807, 2.05) is 0 Å². The van der Waals surface area contributed by atoms with E-state index in [0.717, 1.165) is 0 Å². The Kier molecular flexibility index (Phi) is 1.07. The number of fused-ring (bicyclic) bond motifs is 1. The van der Waals surface area contributed by atoms with Gasteiger partial charge in [0.05, 0.1) is 0 Å². The van der Waals surface area contributed by atoms with Crippen molar-refractivity contribution in [1.82, 2.24) is 0 Å². The van der Waals surface area contributed by atoms with Gasteiger partial charge in [0.2, 0.25) is 0 Å². The predicted molar refractivity (Wildman–Crippen MR) is 44.3 cm³/mol. The second-order valence-electron chi connectivity index (χ2n) is 2.66. The minimum Gasteiger partial charge on any atom is -0.168 e. The van der Waals surface area contributed by atoms with E-state index in [1.165, 1.54) is 16.3 Å². The molecule has 0 bridgehead atoms. The summed E-state index contributed by atoms with van der Waals surface area (Å²) in [6.45, 7) is 2.12. The molecular formula is C10H9-. The fourth-order valence-corrected chi connectivity index (χ4v) is 1.25. The Labute approximate surface area is 60.5 Å². The van der Waals surface area contributed by atoms with Crippen LogP contribution < -0.4 is 0 Å². The zero-order valence-electron chi connectivity index (χ0n) is 5.96. The smallest absolute Gasteiger partial charge is 0.0414 e. The van der Waals surface area contributed by atoms with E-state index in [0.29, 0.717) is 0 Å². The van der Waals surface area contributed by atoms with E-state index in [1.54, 1.807) is 0 Å². The highest BCUT2D eigenvalue weighted by Gasteiger charge is 1.82. The molecule has 2 aromatic carbocycles. The lowest BCUT2D eigenvalue weighted by Gasteiger charge is -1.98. The molecule has 0 aromatic heterocycles. The molecule has 2 aromatic rings. The van der Waals surface area contributed by atoms with E-state index in [2.05, 4.69) is 43.3 Å². The number of hydrogen-bond acceptors (Lipinski definition) is 0. The zero-order valence-corrected chi connectivity index (χ0v) is 5.96. The third kappa shape index (κ3) is 0.730. The summed E-state index contributed by atoms with van der Waals surface area (Å²) in [6, 6.07) is 12.9. The van der Waals surface area contributed by atoms with Crippen LogP contribution in [-0.2, 0) is 0 Å². The van der Waals surface area contributed by atoms with Gasteiger partial charge in [-0.3, -0.25) is 0 Å². The molecule has 0 aliphatic heterocycles. The van der Waals surface area contributed by atoms with Crippen LogP contribution in [0.4, 0.5) is 0 Å². The summed E-state index contributed by atoms with van der Waals surface area (Å²) < 4.78 is 0. The Morgan fingerprint density at radius 3 is 3.00 bits per heavy atom.